The van der Waals surface area contributed by atoms with Crippen LogP contribution in [0.5, 0.6) is 0 Å². The van der Waals surface area contributed by atoms with Crippen molar-refractivity contribution < 1.29 is 18.3 Å². The first-order chi connectivity index (χ1) is 10.9. The first kappa shape index (κ1) is 16.1. The number of nitrogens with zero attached hydrogens (tertiary/aromatic N) is 2. The van der Waals surface area contributed by atoms with Crippen molar-refractivity contribution in [3.05, 3.63) is 34.8 Å². The Kier molecular flexibility index (Phi) is 4.22. The molecular formula is C15H16N2O4S2. The maximum Gasteiger partial charge on any atom is 0.336 e. The van der Waals surface area contributed by atoms with E-state index in [2.05, 4.69) is 4.98 Å². The van der Waals surface area contributed by atoms with Gasteiger partial charge in [0.05, 0.1) is 10.5 Å². The summed E-state index contributed by atoms with van der Waals surface area (Å²) in [6.45, 7) is 2.85. The molecule has 0 atom stereocenters. The van der Waals surface area contributed by atoms with Crippen LogP contribution < -0.4 is 0 Å². The fourth-order valence-corrected chi connectivity index (χ4v) is 4.95. The van der Waals surface area contributed by atoms with Gasteiger partial charge in [-0.15, -0.1) is 11.3 Å². The van der Waals surface area contributed by atoms with Crippen molar-refractivity contribution >= 4 is 27.3 Å². The van der Waals surface area contributed by atoms with Crippen LogP contribution in [-0.2, 0) is 10.0 Å². The molecule has 1 saturated heterocycles. The van der Waals surface area contributed by atoms with E-state index in [1.54, 1.807) is 6.20 Å². The van der Waals surface area contributed by atoms with Crippen LogP contribution in [0.1, 0.15) is 28.1 Å². The summed E-state index contributed by atoms with van der Waals surface area (Å²) in [5.41, 5.74) is 0.399. The molecule has 122 valence electrons. The third-order valence-corrected chi connectivity index (χ3v) is 6.62. The molecule has 6 nitrogen and oxygen atoms in total. The average molecular weight is 352 g/mol. The second-order valence-electron chi connectivity index (χ2n) is 5.40. The summed E-state index contributed by atoms with van der Waals surface area (Å²) in [6, 6.07) is 4.24. The molecule has 1 aromatic heterocycles. The Hall–Kier alpha value is -1.77. The van der Waals surface area contributed by atoms with Crippen molar-refractivity contribution in [1.29, 1.82) is 0 Å². The molecular weight excluding hydrogens is 336 g/mol. The average Bonchev–Trinajstić information content (AvgIpc) is 3.18. The monoisotopic (exact) mass is 352 g/mol. The number of carboxylic acid groups (broad SMARTS) is 1. The molecule has 0 radical (unpaired) electrons. The first-order valence-corrected chi connectivity index (χ1v) is 9.45. The number of rotatable bonds is 4. The number of carboxylic acids is 1. The van der Waals surface area contributed by atoms with E-state index in [0.717, 1.165) is 17.7 Å². The molecule has 1 aromatic carbocycles. The molecule has 2 aromatic rings. The Bertz CT molecular complexity index is 852. The minimum Gasteiger partial charge on any atom is -0.478 e. The molecule has 0 bridgehead atoms. The van der Waals surface area contributed by atoms with Crippen LogP contribution >= 0.6 is 11.3 Å². The third-order valence-electron chi connectivity index (χ3n) is 3.78. The van der Waals surface area contributed by atoms with Crippen LogP contribution in [0.15, 0.2) is 29.3 Å². The van der Waals surface area contributed by atoms with Crippen molar-refractivity contribution in [3.8, 4) is 10.6 Å². The highest BCUT2D eigenvalue weighted by molar-refractivity contribution is 7.89. The predicted molar refractivity (Wildman–Crippen MR) is 87.2 cm³/mol. The van der Waals surface area contributed by atoms with Gasteiger partial charge in [0.1, 0.15) is 5.01 Å². The van der Waals surface area contributed by atoms with Crippen LogP contribution in [0.3, 0.4) is 0 Å². The topological polar surface area (TPSA) is 87.6 Å². The molecule has 0 aliphatic carbocycles. The molecule has 8 heteroatoms. The Balaban J connectivity index is 2.08. The molecule has 3 rings (SSSR count). The first-order valence-electron chi connectivity index (χ1n) is 7.20. The Labute approximate surface area is 138 Å². The minimum absolute atomic E-state index is 0.0221. The Morgan fingerprint density at radius 2 is 2.00 bits per heavy atom. The second-order valence-corrected chi connectivity index (χ2v) is 8.57. The summed E-state index contributed by atoms with van der Waals surface area (Å²) in [4.78, 5) is 16.7. The number of sulfonamides is 1. The van der Waals surface area contributed by atoms with Gasteiger partial charge in [-0.05, 0) is 38.0 Å². The summed E-state index contributed by atoms with van der Waals surface area (Å²) in [6.07, 6.45) is 3.34. The largest absolute Gasteiger partial charge is 0.478 e. The lowest BCUT2D eigenvalue weighted by Crippen LogP contribution is -2.28. The number of hydrogen-bond acceptors (Lipinski definition) is 5. The van der Waals surface area contributed by atoms with Gasteiger partial charge in [-0.25, -0.2) is 18.2 Å². The van der Waals surface area contributed by atoms with Gasteiger partial charge in [-0.1, -0.05) is 0 Å². The van der Waals surface area contributed by atoms with Crippen LogP contribution in [0.4, 0.5) is 0 Å². The fraction of sp³-hybridized carbons (Fsp3) is 0.333. The lowest BCUT2D eigenvalue weighted by Gasteiger charge is -2.16. The summed E-state index contributed by atoms with van der Waals surface area (Å²) in [7, 11) is -3.64. The third kappa shape index (κ3) is 3.01. The zero-order chi connectivity index (χ0) is 16.6. The van der Waals surface area contributed by atoms with E-state index in [4.69, 9.17) is 0 Å². The van der Waals surface area contributed by atoms with Crippen LogP contribution in [0, 0.1) is 6.92 Å². The second kappa shape index (κ2) is 6.03. The number of aromatic nitrogens is 1. The number of aromatic carboxylic acids is 1. The van der Waals surface area contributed by atoms with Gasteiger partial charge < -0.3 is 5.11 Å². The summed E-state index contributed by atoms with van der Waals surface area (Å²) in [5.74, 6) is -1.16. The summed E-state index contributed by atoms with van der Waals surface area (Å²) < 4.78 is 26.6. The van der Waals surface area contributed by atoms with Crippen LogP contribution in [0.25, 0.3) is 10.6 Å². The number of benzene rings is 1. The van der Waals surface area contributed by atoms with Gasteiger partial charge >= 0.3 is 5.97 Å². The molecule has 0 unspecified atom stereocenters. The number of thiazole rings is 1. The van der Waals surface area contributed by atoms with Crippen molar-refractivity contribution in [2.75, 3.05) is 13.1 Å². The highest BCUT2D eigenvalue weighted by Crippen LogP contribution is 2.31. The van der Waals surface area contributed by atoms with E-state index in [-0.39, 0.29) is 10.5 Å². The van der Waals surface area contributed by atoms with Gasteiger partial charge in [0.25, 0.3) is 0 Å². The van der Waals surface area contributed by atoms with Gasteiger partial charge in [0.15, 0.2) is 0 Å². The normalized spacial score (nSPS) is 15.9. The highest BCUT2D eigenvalue weighted by atomic mass is 32.2. The molecule has 1 N–H and O–H groups in total. The molecule has 1 fully saturated rings. The summed E-state index contributed by atoms with van der Waals surface area (Å²) >= 11 is 1.38. The highest BCUT2D eigenvalue weighted by Gasteiger charge is 2.28. The quantitative estimate of drug-likeness (QED) is 0.914. The van der Waals surface area contributed by atoms with E-state index >= 15 is 0 Å². The maximum atomic E-state index is 12.6. The van der Waals surface area contributed by atoms with Crippen molar-refractivity contribution in [3.63, 3.8) is 0 Å². The minimum atomic E-state index is -3.64. The van der Waals surface area contributed by atoms with Gasteiger partial charge in [0, 0.05) is 29.7 Å². The van der Waals surface area contributed by atoms with Crippen LogP contribution in [-0.4, -0.2) is 41.9 Å². The smallest absolute Gasteiger partial charge is 0.336 e. The van der Waals surface area contributed by atoms with Gasteiger partial charge in [-0.3, -0.25) is 0 Å². The van der Waals surface area contributed by atoms with Crippen molar-refractivity contribution in [2.45, 2.75) is 24.7 Å². The molecule has 0 spiro atoms. The van der Waals surface area contributed by atoms with E-state index in [1.165, 1.54) is 33.8 Å². The van der Waals surface area contributed by atoms with Crippen molar-refractivity contribution in [2.24, 2.45) is 0 Å². The molecule has 1 aliphatic rings. The van der Waals surface area contributed by atoms with E-state index in [9.17, 15) is 18.3 Å². The van der Waals surface area contributed by atoms with E-state index in [0.29, 0.717) is 23.7 Å². The van der Waals surface area contributed by atoms with Crippen molar-refractivity contribution in [1.82, 2.24) is 9.29 Å². The lowest BCUT2D eigenvalue weighted by molar-refractivity contribution is 0.0697. The van der Waals surface area contributed by atoms with E-state index < -0.39 is 16.0 Å². The predicted octanol–water partition coefficient (Wildman–Crippen LogP) is 2.60. The zero-order valence-electron chi connectivity index (χ0n) is 12.5. The number of aryl methyl sites for hydroxylation is 1. The van der Waals surface area contributed by atoms with Gasteiger partial charge in [0.2, 0.25) is 10.0 Å². The molecule has 2 heterocycles. The molecule has 0 amide bonds. The lowest BCUT2D eigenvalue weighted by atomic mass is 10.1. The van der Waals surface area contributed by atoms with Gasteiger partial charge in [-0.2, -0.15) is 4.31 Å². The molecule has 1 aliphatic heterocycles. The van der Waals surface area contributed by atoms with E-state index in [1.807, 2.05) is 6.92 Å². The Morgan fingerprint density at radius 1 is 1.30 bits per heavy atom. The number of hydrogen-bond donors (Lipinski definition) is 1. The summed E-state index contributed by atoms with van der Waals surface area (Å²) in [5, 5.41) is 10.0. The maximum absolute atomic E-state index is 12.6. The molecule has 0 saturated carbocycles. The zero-order valence-corrected chi connectivity index (χ0v) is 14.2. The SMILES string of the molecule is Cc1cnc(-c2ccc(S(=O)(=O)N3CCCC3)cc2C(=O)O)s1. The number of carbonyl (C=O) groups is 1. The standard InChI is InChI=1S/C15H16N2O4S2/c1-10-9-16-14(22-10)12-5-4-11(8-13(12)15(18)19)23(20,21)17-6-2-3-7-17/h4-5,8-9H,2-3,6-7H2,1H3,(H,18,19). The Morgan fingerprint density at radius 3 is 2.57 bits per heavy atom. The van der Waals surface area contributed by atoms with Crippen LogP contribution in [0.2, 0.25) is 0 Å². The molecule has 23 heavy (non-hydrogen) atoms. The fourth-order valence-electron chi connectivity index (χ4n) is 2.60.